The predicted octanol–water partition coefficient (Wildman–Crippen LogP) is 3.18. The van der Waals surface area contributed by atoms with Crippen molar-refractivity contribution in [2.45, 2.75) is 24.8 Å². The fourth-order valence-electron chi connectivity index (χ4n) is 2.51. The second kappa shape index (κ2) is 5.12. The summed E-state index contributed by atoms with van der Waals surface area (Å²) in [6.07, 6.45) is 2.08. The Labute approximate surface area is 111 Å². The molecule has 0 saturated carbocycles. The Bertz CT molecular complexity index is 509. The fourth-order valence-corrected chi connectivity index (χ4v) is 3.23. The summed E-state index contributed by atoms with van der Waals surface area (Å²) < 4.78 is 5.69. The number of ether oxygens (including phenoxy) is 1. The van der Waals surface area contributed by atoms with Gasteiger partial charge in [-0.2, -0.15) is 0 Å². The third kappa shape index (κ3) is 2.28. The molecule has 3 rings (SSSR count). The lowest BCUT2D eigenvalue weighted by atomic mass is 9.91. The molecular formula is C15H17NOS. The van der Waals surface area contributed by atoms with Gasteiger partial charge in [0.05, 0.1) is 6.61 Å². The standard InChI is InChI=1S/C15H17NOS/c16-14(8-7-11-4-3-9-18-11)13-10-17-15-6-2-1-5-12(13)15/h1-6,9,13-14H,7-8,10,16H2. The topological polar surface area (TPSA) is 35.2 Å². The minimum Gasteiger partial charge on any atom is -0.493 e. The maximum Gasteiger partial charge on any atom is 0.122 e. The fraction of sp³-hybridized carbons (Fsp3) is 0.333. The van der Waals surface area contributed by atoms with Gasteiger partial charge in [0.15, 0.2) is 0 Å². The van der Waals surface area contributed by atoms with Crippen LogP contribution in [0.2, 0.25) is 0 Å². The molecular weight excluding hydrogens is 242 g/mol. The molecule has 3 heteroatoms. The van der Waals surface area contributed by atoms with Crippen molar-refractivity contribution in [1.82, 2.24) is 0 Å². The molecule has 0 amide bonds. The van der Waals surface area contributed by atoms with Gasteiger partial charge >= 0.3 is 0 Å². The van der Waals surface area contributed by atoms with E-state index in [1.54, 1.807) is 11.3 Å². The number of nitrogens with two attached hydrogens (primary N) is 1. The average Bonchev–Trinajstić information content (AvgIpc) is 3.05. The first-order chi connectivity index (χ1) is 8.84. The molecule has 2 N–H and O–H groups in total. The molecule has 0 radical (unpaired) electrons. The lowest BCUT2D eigenvalue weighted by molar-refractivity contribution is 0.310. The summed E-state index contributed by atoms with van der Waals surface area (Å²) >= 11 is 1.81. The van der Waals surface area contributed by atoms with Crippen LogP contribution in [0.4, 0.5) is 0 Å². The van der Waals surface area contributed by atoms with Crippen molar-refractivity contribution >= 4 is 11.3 Å². The summed E-state index contributed by atoms with van der Waals surface area (Å²) in [7, 11) is 0. The zero-order valence-electron chi connectivity index (χ0n) is 10.2. The van der Waals surface area contributed by atoms with Crippen molar-refractivity contribution in [2.24, 2.45) is 5.73 Å². The van der Waals surface area contributed by atoms with Gasteiger partial charge < -0.3 is 10.5 Å². The number of aryl methyl sites for hydroxylation is 1. The van der Waals surface area contributed by atoms with Crippen LogP contribution in [0.1, 0.15) is 22.8 Å². The summed E-state index contributed by atoms with van der Waals surface area (Å²) in [6.45, 7) is 0.727. The maximum atomic E-state index is 6.34. The van der Waals surface area contributed by atoms with Crippen LogP contribution in [0.25, 0.3) is 0 Å². The van der Waals surface area contributed by atoms with Crippen molar-refractivity contribution in [2.75, 3.05) is 6.61 Å². The third-order valence-corrected chi connectivity index (χ3v) is 4.49. The molecule has 1 aliphatic heterocycles. The number of rotatable bonds is 4. The number of fused-ring (bicyclic) bond motifs is 1. The van der Waals surface area contributed by atoms with E-state index in [1.165, 1.54) is 10.4 Å². The van der Waals surface area contributed by atoms with Gasteiger partial charge in [0.25, 0.3) is 0 Å². The Morgan fingerprint density at radius 3 is 3.00 bits per heavy atom. The molecule has 1 aliphatic rings. The Morgan fingerprint density at radius 2 is 2.17 bits per heavy atom. The second-order valence-corrected chi connectivity index (χ2v) is 5.77. The highest BCUT2D eigenvalue weighted by Gasteiger charge is 2.28. The number of hydrogen-bond donors (Lipinski definition) is 1. The number of benzene rings is 1. The highest BCUT2D eigenvalue weighted by Crippen LogP contribution is 2.36. The summed E-state index contributed by atoms with van der Waals surface area (Å²) in [4.78, 5) is 1.41. The first-order valence-corrected chi connectivity index (χ1v) is 7.22. The van der Waals surface area contributed by atoms with Crippen LogP contribution in [-0.2, 0) is 6.42 Å². The van der Waals surface area contributed by atoms with E-state index in [1.807, 2.05) is 12.1 Å². The molecule has 1 aromatic heterocycles. The van der Waals surface area contributed by atoms with Crippen molar-refractivity contribution in [1.29, 1.82) is 0 Å². The third-order valence-electron chi connectivity index (χ3n) is 3.56. The minimum atomic E-state index is 0.177. The van der Waals surface area contributed by atoms with Gasteiger partial charge in [-0.15, -0.1) is 11.3 Å². The van der Waals surface area contributed by atoms with Gasteiger partial charge in [-0.25, -0.2) is 0 Å². The number of thiophene rings is 1. The Hall–Kier alpha value is -1.32. The molecule has 0 fully saturated rings. The number of para-hydroxylation sites is 1. The molecule has 0 bridgehead atoms. The van der Waals surface area contributed by atoms with Gasteiger partial charge in [-0.05, 0) is 30.4 Å². The maximum absolute atomic E-state index is 6.34. The molecule has 2 unspecified atom stereocenters. The molecule has 2 aromatic rings. The van der Waals surface area contributed by atoms with Crippen molar-refractivity contribution < 1.29 is 4.74 Å². The van der Waals surface area contributed by atoms with Crippen molar-refractivity contribution in [3.63, 3.8) is 0 Å². The van der Waals surface area contributed by atoms with Crippen molar-refractivity contribution in [3.05, 3.63) is 52.2 Å². The van der Waals surface area contributed by atoms with Crippen LogP contribution in [0.5, 0.6) is 5.75 Å². The molecule has 2 nitrogen and oxygen atoms in total. The average molecular weight is 259 g/mol. The van der Waals surface area contributed by atoms with Crippen LogP contribution in [0.15, 0.2) is 41.8 Å². The van der Waals surface area contributed by atoms with E-state index in [0.29, 0.717) is 5.92 Å². The van der Waals surface area contributed by atoms with Crippen LogP contribution in [0, 0.1) is 0 Å². The SMILES string of the molecule is NC(CCc1cccs1)C1COc2ccccc21. The minimum absolute atomic E-state index is 0.177. The summed E-state index contributed by atoms with van der Waals surface area (Å²) in [5.41, 5.74) is 7.61. The highest BCUT2D eigenvalue weighted by atomic mass is 32.1. The van der Waals surface area contributed by atoms with E-state index >= 15 is 0 Å². The Morgan fingerprint density at radius 1 is 1.28 bits per heavy atom. The molecule has 2 heterocycles. The van der Waals surface area contributed by atoms with E-state index in [0.717, 1.165) is 25.2 Å². The molecule has 18 heavy (non-hydrogen) atoms. The highest BCUT2D eigenvalue weighted by molar-refractivity contribution is 7.09. The molecule has 0 aliphatic carbocycles. The van der Waals surface area contributed by atoms with Crippen LogP contribution >= 0.6 is 11.3 Å². The summed E-state index contributed by atoms with van der Waals surface area (Å²) in [6, 6.07) is 12.7. The lowest BCUT2D eigenvalue weighted by Crippen LogP contribution is -2.29. The second-order valence-electron chi connectivity index (χ2n) is 4.74. The lowest BCUT2D eigenvalue weighted by Gasteiger charge is -2.17. The Kier molecular flexibility index (Phi) is 3.35. The van der Waals surface area contributed by atoms with E-state index in [-0.39, 0.29) is 6.04 Å². The quantitative estimate of drug-likeness (QED) is 0.915. The van der Waals surface area contributed by atoms with Gasteiger partial charge in [0.2, 0.25) is 0 Å². The molecule has 94 valence electrons. The molecule has 0 spiro atoms. The normalized spacial score (nSPS) is 19.3. The van der Waals surface area contributed by atoms with Crippen LogP contribution in [0.3, 0.4) is 0 Å². The molecule has 1 aromatic carbocycles. The Balaban J connectivity index is 1.65. The zero-order chi connectivity index (χ0) is 12.4. The van der Waals surface area contributed by atoms with Gasteiger partial charge in [-0.1, -0.05) is 24.3 Å². The van der Waals surface area contributed by atoms with Crippen LogP contribution in [-0.4, -0.2) is 12.6 Å². The van der Waals surface area contributed by atoms with E-state index in [2.05, 4.69) is 29.6 Å². The number of hydrogen-bond acceptors (Lipinski definition) is 3. The first kappa shape index (κ1) is 11.8. The van der Waals surface area contributed by atoms with Crippen molar-refractivity contribution in [3.8, 4) is 5.75 Å². The monoisotopic (exact) mass is 259 g/mol. The van der Waals surface area contributed by atoms with E-state index in [9.17, 15) is 0 Å². The smallest absolute Gasteiger partial charge is 0.122 e. The van der Waals surface area contributed by atoms with Gasteiger partial charge in [0.1, 0.15) is 5.75 Å². The zero-order valence-corrected chi connectivity index (χ0v) is 11.0. The van der Waals surface area contributed by atoms with Gasteiger partial charge in [0, 0.05) is 22.4 Å². The molecule has 2 atom stereocenters. The van der Waals surface area contributed by atoms with E-state index < -0.39 is 0 Å². The predicted molar refractivity (Wildman–Crippen MR) is 75.3 cm³/mol. The van der Waals surface area contributed by atoms with Gasteiger partial charge in [-0.3, -0.25) is 0 Å². The molecule has 0 saturated heterocycles. The van der Waals surface area contributed by atoms with Crippen LogP contribution < -0.4 is 10.5 Å². The summed E-state index contributed by atoms with van der Waals surface area (Å²) in [5.74, 6) is 1.36. The largest absolute Gasteiger partial charge is 0.493 e. The summed E-state index contributed by atoms with van der Waals surface area (Å²) in [5, 5.41) is 2.12. The first-order valence-electron chi connectivity index (χ1n) is 6.34. The van der Waals surface area contributed by atoms with E-state index in [4.69, 9.17) is 10.5 Å².